The fraction of sp³-hybridized carbons (Fsp3) is 0.571. The number of rotatable bonds is 4. The highest BCUT2D eigenvalue weighted by molar-refractivity contribution is 5.68. The third-order valence-corrected chi connectivity index (χ3v) is 5.54. The minimum absolute atomic E-state index is 0.0389. The number of ether oxygens (including phenoxy) is 1. The van der Waals surface area contributed by atoms with Gasteiger partial charge >= 0.3 is 18.4 Å². The van der Waals surface area contributed by atoms with Gasteiger partial charge in [0.1, 0.15) is 0 Å². The van der Waals surface area contributed by atoms with E-state index in [4.69, 9.17) is 6.42 Å². The van der Waals surface area contributed by atoms with Crippen molar-refractivity contribution in [2.24, 2.45) is 0 Å². The summed E-state index contributed by atoms with van der Waals surface area (Å²) in [5, 5.41) is 0. The molecule has 0 aromatic heterocycles. The highest BCUT2D eigenvalue weighted by Crippen LogP contribution is 2.36. The molecule has 0 bridgehead atoms. The predicted octanol–water partition coefficient (Wildman–Crippen LogP) is 4.02. The van der Waals surface area contributed by atoms with Gasteiger partial charge in [0, 0.05) is 57.1 Å². The first-order chi connectivity index (χ1) is 15.0. The van der Waals surface area contributed by atoms with Crippen molar-refractivity contribution < 1.29 is 35.9 Å². The van der Waals surface area contributed by atoms with E-state index in [1.165, 1.54) is 0 Å². The molecule has 0 saturated carbocycles. The van der Waals surface area contributed by atoms with Gasteiger partial charge in [0.05, 0.1) is 0 Å². The molecule has 2 aliphatic rings. The number of anilines is 1. The van der Waals surface area contributed by atoms with Crippen molar-refractivity contribution in [3.8, 4) is 12.3 Å². The molecule has 0 atom stereocenters. The zero-order chi connectivity index (χ0) is 23.5. The van der Waals surface area contributed by atoms with Crippen LogP contribution in [0.15, 0.2) is 18.2 Å². The number of terminal acetylenes is 1. The van der Waals surface area contributed by atoms with Crippen molar-refractivity contribution >= 4 is 11.8 Å². The molecule has 5 nitrogen and oxygen atoms in total. The Labute approximate surface area is 181 Å². The van der Waals surface area contributed by atoms with Gasteiger partial charge in [-0.1, -0.05) is 12.0 Å². The Kier molecular flexibility index (Phi) is 7.12. The van der Waals surface area contributed by atoms with Crippen molar-refractivity contribution in [3.63, 3.8) is 0 Å². The van der Waals surface area contributed by atoms with Gasteiger partial charge < -0.3 is 14.5 Å². The summed E-state index contributed by atoms with van der Waals surface area (Å²) >= 11 is 0. The molecule has 0 spiro atoms. The number of carbonyl (C=O) groups excluding carboxylic acids is 1. The monoisotopic (exact) mass is 463 g/mol. The fourth-order valence-corrected chi connectivity index (χ4v) is 3.86. The Morgan fingerprint density at radius 1 is 1.00 bits per heavy atom. The molecular weight excluding hydrogens is 440 g/mol. The summed E-state index contributed by atoms with van der Waals surface area (Å²) in [7, 11) is 0. The van der Waals surface area contributed by atoms with Gasteiger partial charge in [-0.3, -0.25) is 4.90 Å². The molecule has 2 heterocycles. The van der Waals surface area contributed by atoms with Crippen LogP contribution in [0, 0.1) is 12.3 Å². The van der Waals surface area contributed by atoms with E-state index in [0.717, 1.165) is 47.6 Å². The Hall–Kier alpha value is -2.61. The van der Waals surface area contributed by atoms with Crippen LogP contribution in [0.2, 0.25) is 0 Å². The number of carbonyl (C=O) groups is 1. The number of hydrogen-bond donors (Lipinski definition) is 0. The van der Waals surface area contributed by atoms with Crippen LogP contribution in [-0.2, 0) is 11.3 Å². The largest absolute Gasteiger partial charge is 0.434 e. The van der Waals surface area contributed by atoms with Crippen LogP contribution >= 0.6 is 0 Å². The van der Waals surface area contributed by atoms with Gasteiger partial charge in [-0.2, -0.15) is 26.3 Å². The lowest BCUT2D eigenvalue weighted by molar-refractivity contribution is -0.308. The quantitative estimate of drug-likeness (QED) is 0.500. The van der Waals surface area contributed by atoms with E-state index in [9.17, 15) is 31.1 Å². The van der Waals surface area contributed by atoms with Crippen LogP contribution in [0.4, 0.5) is 36.8 Å². The van der Waals surface area contributed by atoms with E-state index >= 15 is 0 Å². The maximum Gasteiger partial charge on any atom is 0.434 e. The number of hydrogen-bond acceptors (Lipinski definition) is 4. The van der Waals surface area contributed by atoms with E-state index in [0.29, 0.717) is 6.54 Å². The Bertz CT molecular complexity index is 837. The Morgan fingerprint density at radius 2 is 1.59 bits per heavy atom. The number of piperazine rings is 1. The summed E-state index contributed by atoms with van der Waals surface area (Å²) in [5.41, 5.74) is 2.81. The van der Waals surface area contributed by atoms with Crippen molar-refractivity contribution in [3.05, 3.63) is 29.3 Å². The molecule has 176 valence electrons. The van der Waals surface area contributed by atoms with E-state index in [1.807, 2.05) is 23.1 Å². The van der Waals surface area contributed by atoms with E-state index < -0.39 is 24.5 Å². The number of alkyl halides is 6. The van der Waals surface area contributed by atoms with E-state index in [2.05, 4.69) is 15.6 Å². The average molecular weight is 463 g/mol. The fourth-order valence-electron chi connectivity index (χ4n) is 3.86. The summed E-state index contributed by atoms with van der Waals surface area (Å²) in [4.78, 5) is 17.0. The molecule has 2 saturated heterocycles. The Morgan fingerprint density at radius 3 is 2.12 bits per heavy atom. The van der Waals surface area contributed by atoms with Crippen LogP contribution < -0.4 is 4.90 Å². The lowest BCUT2D eigenvalue weighted by atomic mass is 10.1. The molecule has 1 aromatic carbocycles. The molecule has 32 heavy (non-hydrogen) atoms. The van der Waals surface area contributed by atoms with Crippen LogP contribution in [0.25, 0.3) is 0 Å². The van der Waals surface area contributed by atoms with Gasteiger partial charge in [-0.15, -0.1) is 6.42 Å². The predicted molar refractivity (Wildman–Crippen MR) is 105 cm³/mol. The van der Waals surface area contributed by atoms with Gasteiger partial charge in [0.15, 0.2) is 0 Å². The molecule has 0 aliphatic carbocycles. The summed E-state index contributed by atoms with van der Waals surface area (Å²) in [6, 6.07) is 5.71. The molecule has 1 amide bonds. The van der Waals surface area contributed by atoms with E-state index in [1.54, 1.807) is 0 Å². The number of halogens is 6. The maximum absolute atomic E-state index is 12.6. The van der Waals surface area contributed by atoms with Gasteiger partial charge in [0.2, 0.25) is 0 Å². The molecular formula is C21H23F6N3O2. The second kappa shape index (κ2) is 9.48. The van der Waals surface area contributed by atoms with Crippen molar-refractivity contribution in [1.29, 1.82) is 0 Å². The highest BCUT2D eigenvalue weighted by Gasteiger charge is 2.60. The number of benzene rings is 1. The SMILES string of the molecule is C#Cc1ccc(CN2CCN(C(=O)OC(C(F)(F)F)C(F)(F)F)CC2)c(N2CCCC2)c1. The smallest absolute Gasteiger partial charge is 0.426 e. The topological polar surface area (TPSA) is 36.0 Å². The third kappa shape index (κ3) is 5.79. The van der Waals surface area contributed by atoms with Crippen LogP contribution in [0.1, 0.15) is 24.0 Å². The average Bonchev–Trinajstić information content (AvgIpc) is 3.25. The van der Waals surface area contributed by atoms with Gasteiger partial charge in [0.25, 0.3) is 6.10 Å². The van der Waals surface area contributed by atoms with Crippen molar-refractivity contribution in [2.75, 3.05) is 44.2 Å². The second-order valence-corrected chi connectivity index (χ2v) is 7.79. The molecule has 0 N–H and O–H groups in total. The summed E-state index contributed by atoms with van der Waals surface area (Å²) in [6.07, 6.45) is -9.55. The molecule has 11 heteroatoms. The lowest BCUT2D eigenvalue weighted by Crippen LogP contribution is -2.52. The zero-order valence-electron chi connectivity index (χ0n) is 17.2. The molecule has 2 aliphatic heterocycles. The molecule has 0 unspecified atom stereocenters. The maximum atomic E-state index is 12.6. The first-order valence-electron chi connectivity index (χ1n) is 10.1. The molecule has 3 rings (SSSR count). The highest BCUT2D eigenvalue weighted by atomic mass is 19.4. The lowest BCUT2D eigenvalue weighted by Gasteiger charge is -2.36. The van der Waals surface area contributed by atoms with Crippen LogP contribution in [0.3, 0.4) is 0 Å². The minimum atomic E-state index is -5.73. The van der Waals surface area contributed by atoms with Crippen LogP contribution in [0.5, 0.6) is 0 Å². The number of amides is 1. The second-order valence-electron chi connectivity index (χ2n) is 7.79. The summed E-state index contributed by atoms with van der Waals surface area (Å²) in [5.74, 6) is 2.62. The first-order valence-corrected chi connectivity index (χ1v) is 10.1. The summed E-state index contributed by atoms with van der Waals surface area (Å²) in [6.45, 7) is 2.85. The molecule has 2 fully saturated rings. The standard InChI is InChI=1S/C21H23F6N3O2/c1-2-15-5-6-16(17(13-15)29-7-3-4-8-29)14-28-9-11-30(12-10-28)19(31)32-18(20(22,23)24)21(25,26)27/h1,5-6,13,18H,3-4,7-12,14H2. The zero-order valence-corrected chi connectivity index (χ0v) is 17.2. The van der Waals surface area contributed by atoms with Crippen molar-refractivity contribution in [2.45, 2.75) is 37.8 Å². The summed E-state index contributed by atoms with van der Waals surface area (Å²) < 4.78 is 79.5. The van der Waals surface area contributed by atoms with Crippen LogP contribution in [-0.4, -0.2) is 73.6 Å². The third-order valence-electron chi connectivity index (χ3n) is 5.54. The van der Waals surface area contributed by atoms with Gasteiger partial charge in [-0.25, -0.2) is 4.79 Å². The van der Waals surface area contributed by atoms with Crippen molar-refractivity contribution in [1.82, 2.24) is 9.80 Å². The molecule has 0 radical (unpaired) electrons. The normalized spacial score (nSPS) is 18.2. The van der Waals surface area contributed by atoms with E-state index in [-0.39, 0.29) is 26.2 Å². The first kappa shape index (κ1) is 24.0. The minimum Gasteiger partial charge on any atom is -0.426 e. The van der Waals surface area contributed by atoms with Gasteiger partial charge in [-0.05, 0) is 30.5 Å². The Balaban J connectivity index is 1.61. The number of nitrogens with zero attached hydrogens (tertiary/aromatic N) is 3. The molecule has 1 aromatic rings.